The molecule has 0 unspecified atom stereocenters. The summed E-state index contributed by atoms with van der Waals surface area (Å²) in [5.41, 5.74) is 17.4. The molecule has 0 N–H and O–H groups in total. The van der Waals surface area contributed by atoms with Crippen LogP contribution < -0.4 is 9.80 Å². The average Bonchev–Trinajstić information content (AvgIpc) is 3.70. The van der Waals surface area contributed by atoms with Gasteiger partial charge in [0.05, 0.1) is 11.0 Å². The van der Waals surface area contributed by atoms with Crippen LogP contribution in [0.5, 0.6) is 0 Å². The maximum atomic E-state index is 2.40. The molecule has 63 heavy (non-hydrogen) atoms. The van der Waals surface area contributed by atoms with Crippen LogP contribution in [0.3, 0.4) is 0 Å². The highest BCUT2D eigenvalue weighted by Gasteiger charge is 2.21. The first-order valence-electron chi connectivity index (χ1n) is 22.1. The lowest BCUT2D eigenvalue weighted by Crippen LogP contribution is -2.13. The van der Waals surface area contributed by atoms with Crippen molar-refractivity contribution in [3.05, 3.63) is 248 Å². The second-order valence-corrected chi connectivity index (χ2v) is 16.4. The standard InChI is InChI=1S/C60H47N3/c1-6-18-44(19-7-1)46-30-35-53(36-31-46)61(50-22-10-3-11-23-50)55-40-49(48-34-39-60-58(42-48)57-28-16-17-29-59(57)63(60)52-26-14-5-15-27-52)41-56(43-55)62(51-24-12-4-13-25-51)54-37-32-47(33-38-54)45-20-8-2-9-21-45/h3-6,8,10-43H,1-2,7,9H2. The molecule has 0 saturated heterocycles. The summed E-state index contributed by atoms with van der Waals surface area (Å²) in [6.07, 6.45) is 18.1. The van der Waals surface area contributed by atoms with Crippen molar-refractivity contribution in [2.24, 2.45) is 0 Å². The van der Waals surface area contributed by atoms with Gasteiger partial charge in [0.1, 0.15) is 0 Å². The molecule has 0 atom stereocenters. The van der Waals surface area contributed by atoms with Crippen LogP contribution in [0.1, 0.15) is 36.8 Å². The number of anilines is 6. The molecule has 1 heterocycles. The SMILES string of the molecule is C1=CC(c2ccc(N(c3ccccc3)c3cc(-c4ccc5c(c4)c4ccccc4n5-c4ccccc4)cc(N(c4ccccc4)c4ccc(C5=CCCC=C5)cc4)c3)cc2)=CCC1. The molecule has 0 amide bonds. The van der Waals surface area contributed by atoms with Gasteiger partial charge in [-0.25, -0.2) is 0 Å². The summed E-state index contributed by atoms with van der Waals surface area (Å²) in [4.78, 5) is 4.80. The van der Waals surface area contributed by atoms with E-state index in [2.05, 4.69) is 251 Å². The van der Waals surface area contributed by atoms with Crippen LogP contribution in [0.4, 0.5) is 34.1 Å². The first kappa shape index (κ1) is 38.1. The Hall–Kier alpha value is -7.88. The highest BCUT2D eigenvalue weighted by molar-refractivity contribution is 6.10. The van der Waals surface area contributed by atoms with E-state index in [9.17, 15) is 0 Å². The third-order valence-corrected chi connectivity index (χ3v) is 12.4. The van der Waals surface area contributed by atoms with Crippen molar-refractivity contribution in [1.82, 2.24) is 4.57 Å². The third kappa shape index (κ3) is 7.49. The average molecular weight is 810 g/mol. The summed E-state index contributed by atoms with van der Waals surface area (Å²) in [6.45, 7) is 0. The molecule has 0 saturated carbocycles. The van der Waals surface area contributed by atoms with Crippen molar-refractivity contribution < 1.29 is 0 Å². The largest absolute Gasteiger partial charge is 0.310 e. The van der Waals surface area contributed by atoms with Gasteiger partial charge >= 0.3 is 0 Å². The Morgan fingerprint density at radius 1 is 0.317 bits per heavy atom. The fraction of sp³-hybridized carbons (Fsp3) is 0.0667. The van der Waals surface area contributed by atoms with E-state index in [4.69, 9.17) is 0 Å². The molecule has 0 aliphatic heterocycles. The van der Waals surface area contributed by atoms with Crippen LogP contribution in [0.25, 0.3) is 49.8 Å². The van der Waals surface area contributed by atoms with Crippen molar-refractivity contribution in [2.75, 3.05) is 9.80 Å². The number of para-hydroxylation sites is 4. The highest BCUT2D eigenvalue weighted by Crippen LogP contribution is 2.45. The summed E-state index contributed by atoms with van der Waals surface area (Å²) < 4.78 is 2.39. The molecule has 1 aromatic heterocycles. The summed E-state index contributed by atoms with van der Waals surface area (Å²) in [5, 5.41) is 2.46. The van der Waals surface area contributed by atoms with Crippen LogP contribution in [0.2, 0.25) is 0 Å². The molecule has 0 fully saturated rings. The van der Waals surface area contributed by atoms with E-state index in [0.717, 1.165) is 76.6 Å². The lowest BCUT2D eigenvalue weighted by Gasteiger charge is -2.30. The molecule has 0 radical (unpaired) electrons. The van der Waals surface area contributed by atoms with Crippen LogP contribution in [-0.4, -0.2) is 4.57 Å². The molecule has 2 aliphatic carbocycles. The fourth-order valence-electron chi connectivity index (χ4n) is 9.34. The van der Waals surface area contributed by atoms with Crippen molar-refractivity contribution in [3.8, 4) is 16.8 Å². The van der Waals surface area contributed by atoms with Gasteiger partial charge in [-0.05, 0) is 156 Å². The maximum Gasteiger partial charge on any atom is 0.0541 e. The number of benzene rings is 8. The Balaban J connectivity index is 1.12. The molecule has 302 valence electrons. The monoisotopic (exact) mass is 809 g/mol. The number of rotatable bonds is 10. The summed E-state index contributed by atoms with van der Waals surface area (Å²) in [7, 11) is 0. The van der Waals surface area contributed by atoms with Crippen molar-refractivity contribution >= 4 is 67.1 Å². The van der Waals surface area contributed by atoms with E-state index in [1.807, 2.05) is 0 Å². The zero-order valence-corrected chi connectivity index (χ0v) is 35.2. The van der Waals surface area contributed by atoms with Crippen LogP contribution in [0.15, 0.2) is 237 Å². The highest BCUT2D eigenvalue weighted by atomic mass is 15.2. The smallest absolute Gasteiger partial charge is 0.0541 e. The number of fused-ring (bicyclic) bond motifs is 3. The van der Waals surface area contributed by atoms with E-state index >= 15 is 0 Å². The molecular formula is C60H47N3. The molecule has 2 aliphatic rings. The Bertz CT molecular complexity index is 3050. The molecule has 0 bridgehead atoms. The Morgan fingerprint density at radius 2 is 0.778 bits per heavy atom. The van der Waals surface area contributed by atoms with Gasteiger partial charge in [0, 0.05) is 50.6 Å². The predicted octanol–water partition coefficient (Wildman–Crippen LogP) is 16.9. The van der Waals surface area contributed by atoms with Gasteiger partial charge < -0.3 is 14.4 Å². The van der Waals surface area contributed by atoms with Crippen molar-refractivity contribution in [2.45, 2.75) is 25.7 Å². The zero-order valence-electron chi connectivity index (χ0n) is 35.2. The van der Waals surface area contributed by atoms with E-state index in [1.165, 1.54) is 44.1 Å². The number of allylic oxidation sites excluding steroid dienone is 8. The number of hydrogen-bond acceptors (Lipinski definition) is 2. The quantitative estimate of drug-likeness (QED) is 0.136. The Labute approximate surface area is 370 Å². The normalized spacial score (nSPS) is 13.5. The zero-order chi connectivity index (χ0) is 42.0. The van der Waals surface area contributed by atoms with E-state index in [-0.39, 0.29) is 0 Å². The first-order valence-corrected chi connectivity index (χ1v) is 22.1. The number of aromatic nitrogens is 1. The fourth-order valence-corrected chi connectivity index (χ4v) is 9.34. The Kier molecular flexibility index (Phi) is 10.2. The second kappa shape index (κ2) is 16.9. The van der Waals surface area contributed by atoms with Crippen molar-refractivity contribution in [1.29, 1.82) is 0 Å². The maximum absolute atomic E-state index is 2.40. The van der Waals surface area contributed by atoms with Gasteiger partial charge in [0.2, 0.25) is 0 Å². The molecule has 8 aromatic carbocycles. The van der Waals surface area contributed by atoms with Crippen LogP contribution >= 0.6 is 0 Å². The number of nitrogens with zero attached hydrogens (tertiary/aromatic N) is 3. The van der Waals surface area contributed by atoms with Crippen LogP contribution in [0, 0.1) is 0 Å². The van der Waals surface area contributed by atoms with Gasteiger partial charge in [-0.1, -0.05) is 140 Å². The predicted molar refractivity (Wildman–Crippen MR) is 268 cm³/mol. The Morgan fingerprint density at radius 3 is 1.30 bits per heavy atom. The molecular weight excluding hydrogens is 763 g/mol. The first-order chi connectivity index (χ1) is 31.2. The van der Waals surface area contributed by atoms with Gasteiger partial charge in [-0.3, -0.25) is 0 Å². The lowest BCUT2D eigenvalue weighted by molar-refractivity contribution is 1.04. The second-order valence-electron chi connectivity index (χ2n) is 16.4. The van der Waals surface area contributed by atoms with Gasteiger partial charge in [0.15, 0.2) is 0 Å². The topological polar surface area (TPSA) is 11.4 Å². The molecule has 11 rings (SSSR count). The van der Waals surface area contributed by atoms with Gasteiger partial charge in [0.25, 0.3) is 0 Å². The minimum absolute atomic E-state index is 1.07. The summed E-state index contributed by atoms with van der Waals surface area (Å²) in [6, 6.07) is 73.2. The van der Waals surface area contributed by atoms with E-state index < -0.39 is 0 Å². The molecule has 9 aromatic rings. The van der Waals surface area contributed by atoms with Crippen molar-refractivity contribution in [3.63, 3.8) is 0 Å². The van der Waals surface area contributed by atoms with E-state index in [0.29, 0.717) is 0 Å². The number of hydrogen-bond donors (Lipinski definition) is 0. The van der Waals surface area contributed by atoms with Gasteiger partial charge in [-0.2, -0.15) is 0 Å². The lowest BCUT2D eigenvalue weighted by atomic mass is 9.98. The molecule has 3 heteroatoms. The minimum Gasteiger partial charge on any atom is -0.310 e. The summed E-state index contributed by atoms with van der Waals surface area (Å²) in [5.74, 6) is 0. The molecule has 3 nitrogen and oxygen atoms in total. The van der Waals surface area contributed by atoms with Gasteiger partial charge in [-0.15, -0.1) is 0 Å². The van der Waals surface area contributed by atoms with E-state index in [1.54, 1.807) is 0 Å². The summed E-state index contributed by atoms with van der Waals surface area (Å²) >= 11 is 0. The molecule has 0 spiro atoms. The minimum atomic E-state index is 1.07. The third-order valence-electron chi connectivity index (χ3n) is 12.4. The van der Waals surface area contributed by atoms with Crippen LogP contribution in [-0.2, 0) is 0 Å².